The lowest BCUT2D eigenvalue weighted by Crippen LogP contribution is -2.37. The quantitative estimate of drug-likeness (QED) is 0.896. The van der Waals surface area contributed by atoms with Gasteiger partial charge in [0.05, 0.1) is 6.04 Å². The van der Waals surface area contributed by atoms with Gasteiger partial charge >= 0.3 is 0 Å². The Balaban J connectivity index is 0.00000225. The molecule has 0 heterocycles. The summed E-state index contributed by atoms with van der Waals surface area (Å²) in [6.45, 7) is 2.03. The van der Waals surface area contributed by atoms with Gasteiger partial charge in [-0.3, -0.25) is 4.79 Å². The number of benzene rings is 1. The molecule has 0 aliphatic heterocycles. The predicted octanol–water partition coefficient (Wildman–Crippen LogP) is 2.49. The Morgan fingerprint density at radius 2 is 2.25 bits per heavy atom. The van der Waals surface area contributed by atoms with Gasteiger partial charge in [0.15, 0.2) is 0 Å². The minimum Gasteiger partial charge on any atom is -0.351 e. The Kier molecular flexibility index (Phi) is 6.99. The van der Waals surface area contributed by atoms with Gasteiger partial charge in [0, 0.05) is 16.0 Å². The fourth-order valence-electron chi connectivity index (χ4n) is 1.01. The lowest BCUT2D eigenvalue weighted by molar-refractivity contribution is -0.122. The van der Waals surface area contributed by atoms with Crippen LogP contribution in [0.5, 0.6) is 0 Å². The molecule has 0 aliphatic carbocycles. The molecule has 0 spiro atoms. The molecule has 16 heavy (non-hydrogen) atoms. The zero-order valence-corrected chi connectivity index (χ0v) is 11.8. The Labute approximate surface area is 114 Å². The molecular formula is C10H13BrCl2N2O. The standard InChI is InChI=1S/C10H12BrClN2O.ClH/c1-6(13)10(15)14-5-7-2-3-8(11)4-9(7)12;/h2-4,6H,5,13H2,1H3,(H,14,15);1H/t6-;/m0./s1. The summed E-state index contributed by atoms with van der Waals surface area (Å²) in [5, 5.41) is 3.31. The van der Waals surface area contributed by atoms with Crippen LogP contribution >= 0.6 is 39.9 Å². The van der Waals surface area contributed by atoms with Crippen molar-refractivity contribution in [3.63, 3.8) is 0 Å². The Bertz CT molecular complexity index is 372. The highest BCUT2D eigenvalue weighted by Crippen LogP contribution is 2.21. The molecule has 0 unspecified atom stereocenters. The molecule has 0 radical (unpaired) electrons. The number of hydrogen-bond donors (Lipinski definition) is 2. The first kappa shape index (κ1) is 15.7. The topological polar surface area (TPSA) is 55.1 Å². The number of carbonyl (C=O) groups is 1. The molecule has 1 aromatic carbocycles. The van der Waals surface area contributed by atoms with Gasteiger partial charge in [0.2, 0.25) is 5.91 Å². The van der Waals surface area contributed by atoms with E-state index in [1.54, 1.807) is 13.0 Å². The molecule has 90 valence electrons. The number of hydrogen-bond acceptors (Lipinski definition) is 2. The fraction of sp³-hybridized carbons (Fsp3) is 0.300. The molecule has 0 fully saturated rings. The van der Waals surface area contributed by atoms with E-state index >= 15 is 0 Å². The second kappa shape index (κ2) is 7.12. The van der Waals surface area contributed by atoms with Crippen molar-refractivity contribution in [3.8, 4) is 0 Å². The van der Waals surface area contributed by atoms with Crippen molar-refractivity contribution in [2.24, 2.45) is 5.73 Å². The Morgan fingerprint density at radius 1 is 1.62 bits per heavy atom. The minimum absolute atomic E-state index is 0. The van der Waals surface area contributed by atoms with Gasteiger partial charge in [0.25, 0.3) is 0 Å². The van der Waals surface area contributed by atoms with Crippen LogP contribution in [-0.2, 0) is 11.3 Å². The number of halogens is 3. The van der Waals surface area contributed by atoms with Crippen molar-refractivity contribution >= 4 is 45.8 Å². The van der Waals surface area contributed by atoms with Crippen molar-refractivity contribution in [1.82, 2.24) is 5.32 Å². The van der Waals surface area contributed by atoms with Gasteiger partial charge in [-0.2, -0.15) is 0 Å². The van der Waals surface area contributed by atoms with Crippen LogP contribution in [0, 0.1) is 0 Å². The average molecular weight is 328 g/mol. The first-order valence-electron chi connectivity index (χ1n) is 4.48. The van der Waals surface area contributed by atoms with Crippen LogP contribution in [0.25, 0.3) is 0 Å². The van der Waals surface area contributed by atoms with Crippen LogP contribution in [0.3, 0.4) is 0 Å². The van der Waals surface area contributed by atoms with Crippen molar-refractivity contribution in [1.29, 1.82) is 0 Å². The van der Waals surface area contributed by atoms with Gasteiger partial charge in [-0.25, -0.2) is 0 Å². The van der Waals surface area contributed by atoms with Gasteiger partial charge in [-0.1, -0.05) is 33.6 Å². The summed E-state index contributed by atoms with van der Waals surface area (Å²) in [6, 6.07) is 5.02. The first-order valence-corrected chi connectivity index (χ1v) is 5.65. The number of rotatable bonds is 3. The van der Waals surface area contributed by atoms with Crippen molar-refractivity contribution in [2.45, 2.75) is 19.5 Å². The second-order valence-electron chi connectivity index (χ2n) is 3.24. The number of nitrogens with two attached hydrogens (primary N) is 1. The molecule has 0 bridgehead atoms. The summed E-state index contributed by atoms with van der Waals surface area (Å²) in [5.41, 5.74) is 6.28. The zero-order valence-electron chi connectivity index (χ0n) is 8.67. The summed E-state index contributed by atoms with van der Waals surface area (Å²) >= 11 is 9.29. The van der Waals surface area contributed by atoms with Gasteiger partial charge in [0.1, 0.15) is 0 Å². The van der Waals surface area contributed by atoms with Crippen LogP contribution in [0.2, 0.25) is 5.02 Å². The molecule has 6 heteroatoms. The second-order valence-corrected chi connectivity index (χ2v) is 4.57. The summed E-state index contributed by atoms with van der Waals surface area (Å²) in [6.07, 6.45) is 0. The van der Waals surface area contributed by atoms with E-state index in [9.17, 15) is 4.79 Å². The maximum atomic E-state index is 11.2. The number of nitrogens with one attached hydrogen (secondary N) is 1. The van der Waals surface area contributed by atoms with E-state index in [-0.39, 0.29) is 18.3 Å². The molecule has 0 aliphatic rings. The third-order valence-electron chi connectivity index (χ3n) is 1.88. The molecule has 1 rings (SSSR count). The third kappa shape index (κ3) is 4.70. The SMILES string of the molecule is C[C@H](N)C(=O)NCc1ccc(Br)cc1Cl.Cl. The largest absolute Gasteiger partial charge is 0.351 e. The normalized spacial score (nSPS) is 11.5. The fourth-order valence-corrected chi connectivity index (χ4v) is 1.75. The summed E-state index contributed by atoms with van der Waals surface area (Å²) in [4.78, 5) is 11.2. The maximum absolute atomic E-state index is 11.2. The van der Waals surface area contributed by atoms with Crippen LogP contribution in [0.1, 0.15) is 12.5 Å². The highest BCUT2D eigenvalue weighted by molar-refractivity contribution is 9.10. The van der Waals surface area contributed by atoms with E-state index < -0.39 is 6.04 Å². The molecule has 3 N–H and O–H groups in total. The molecule has 3 nitrogen and oxygen atoms in total. The molecule has 0 aromatic heterocycles. The van der Waals surface area contributed by atoms with E-state index in [2.05, 4.69) is 21.2 Å². The molecule has 1 amide bonds. The minimum atomic E-state index is -0.501. The molecule has 0 saturated heterocycles. The van der Waals surface area contributed by atoms with Crippen LogP contribution in [-0.4, -0.2) is 11.9 Å². The van der Waals surface area contributed by atoms with E-state index in [0.717, 1.165) is 10.0 Å². The van der Waals surface area contributed by atoms with E-state index in [0.29, 0.717) is 11.6 Å². The van der Waals surface area contributed by atoms with Crippen molar-refractivity contribution in [3.05, 3.63) is 33.3 Å². The smallest absolute Gasteiger partial charge is 0.236 e. The summed E-state index contributed by atoms with van der Waals surface area (Å²) in [5.74, 6) is -0.186. The monoisotopic (exact) mass is 326 g/mol. The predicted molar refractivity (Wildman–Crippen MR) is 71.9 cm³/mol. The Morgan fingerprint density at radius 3 is 2.75 bits per heavy atom. The van der Waals surface area contributed by atoms with Crippen molar-refractivity contribution < 1.29 is 4.79 Å². The van der Waals surface area contributed by atoms with Crippen LogP contribution in [0.4, 0.5) is 0 Å². The highest BCUT2D eigenvalue weighted by Gasteiger charge is 2.07. The number of amides is 1. The van der Waals surface area contributed by atoms with Crippen LogP contribution < -0.4 is 11.1 Å². The molecule has 1 atom stereocenters. The molecular weight excluding hydrogens is 315 g/mol. The van der Waals surface area contributed by atoms with Crippen LogP contribution in [0.15, 0.2) is 22.7 Å². The third-order valence-corrected chi connectivity index (χ3v) is 2.73. The highest BCUT2D eigenvalue weighted by atomic mass is 79.9. The average Bonchev–Trinajstić information content (AvgIpc) is 2.15. The number of carbonyl (C=O) groups excluding carboxylic acids is 1. The van der Waals surface area contributed by atoms with Crippen molar-refractivity contribution in [2.75, 3.05) is 0 Å². The maximum Gasteiger partial charge on any atom is 0.236 e. The Hall–Kier alpha value is -0.290. The molecule has 1 aromatic rings. The molecule has 0 saturated carbocycles. The zero-order chi connectivity index (χ0) is 11.4. The van der Waals surface area contributed by atoms with Gasteiger partial charge in [-0.05, 0) is 24.6 Å². The van der Waals surface area contributed by atoms with E-state index in [1.165, 1.54) is 0 Å². The van der Waals surface area contributed by atoms with Gasteiger partial charge < -0.3 is 11.1 Å². The van der Waals surface area contributed by atoms with E-state index in [4.69, 9.17) is 17.3 Å². The lowest BCUT2D eigenvalue weighted by atomic mass is 10.2. The summed E-state index contributed by atoms with van der Waals surface area (Å²) in [7, 11) is 0. The van der Waals surface area contributed by atoms with E-state index in [1.807, 2.05) is 12.1 Å². The lowest BCUT2D eigenvalue weighted by Gasteiger charge is -2.09. The van der Waals surface area contributed by atoms with Gasteiger partial charge in [-0.15, -0.1) is 12.4 Å². The summed E-state index contributed by atoms with van der Waals surface area (Å²) < 4.78 is 0.912. The first-order chi connectivity index (χ1) is 7.00.